The first-order chi connectivity index (χ1) is 17.9. The van der Waals surface area contributed by atoms with Crippen molar-refractivity contribution in [2.24, 2.45) is 7.05 Å². The van der Waals surface area contributed by atoms with E-state index < -0.39 is 11.5 Å². The lowest BCUT2D eigenvalue weighted by Gasteiger charge is -2.10. The number of aromatic nitrogens is 3. The van der Waals surface area contributed by atoms with Gasteiger partial charge in [-0.05, 0) is 61.5 Å². The molecular formula is C28H24N4O4. The summed E-state index contributed by atoms with van der Waals surface area (Å²) in [5.41, 5.74) is 2.02. The fraction of sp³-hybridized carbons (Fsp3) is 0.107. The van der Waals surface area contributed by atoms with E-state index in [0.717, 1.165) is 0 Å². The molecule has 0 unspecified atom stereocenters. The standard InChI is InChI=1S/C28H24N4O4/c1-18-26(28(34)32(31(18)2)20-7-5-4-6-8-20)27(33)30-19-9-11-21(12-10-19)36-25-15-16-29-24-17-22(35-3)13-14-23(24)25/h4-17H,1-3H3,(H,30,33)/i14D. The number of rotatable bonds is 6. The third-order valence-electron chi connectivity index (χ3n) is 5.94. The average molecular weight is 482 g/mol. The summed E-state index contributed by atoms with van der Waals surface area (Å²) in [6.07, 6.45) is 1.61. The van der Waals surface area contributed by atoms with Gasteiger partial charge in [0, 0.05) is 30.4 Å². The molecule has 0 aliphatic carbocycles. The number of hydrogen-bond donors (Lipinski definition) is 1. The van der Waals surface area contributed by atoms with Crippen molar-refractivity contribution in [1.29, 1.82) is 0 Å². The maximum atomic E-state index is 13.1. The monoisotopic (exact) mass is 481 g/mol. The van der Waals surface area contributed by atoms with E-state index in [1.807, 2.05) is 30.3 Å². The normalized spacial score (nSPS) is 11.2. The predicted octanol–water partition coefficient (Wildman–Crippen LogP) is 5.09. The summed E-state index contributed by atoms with van der Waals surface area (Å²) in [5, 5.41) is 3.36. The van der Waals surface area contributed by atoms with Crippen LogP contribution in [0.5, 0.6) is 17.2 Å². The highest BCUT2D eigenvalue weighted by atomic mass is 16.5. The molecule has 3 aromatic carbocycles. The minimum atomic E-state index is -0.491. The van der Waals surface area contributed by atoms with Gasteiger partial charge in [0.05, 0.1) is 25.4 Å². The smallest absolute Gasteiger partial charge is 0.284 e. The Balaban J connectivity index is 1.37. The number of pyridine rings is 1. The Morgan fingerprint density at radius 2 is 1.78 bits per heavy atom. The highest BCUT2D eigenvalue weighted by Crippen LogP contribution is 2.31. The van der Waals surface area contributed by atoms with E-state index >= 15 is 0 Å². The highest BCUT2D eigenvalue weighted by Gasteiger charge is 2.22. The number of nitrogens with zero attached hydrogens (tertiary/aromatic N) is 3. The fourth-order valence-corrected chi connectivity index (χ4v) is 3.99. The number of carbonyl (C=O) groups excluding carboxylic acids is 1. The Hall–Kier alpha value is -4.85. The molecule has 1 amide bonds. The molecule has 0 atom stereocenters. The van der Waals surface area contributed by atoms with Crippen molar-refractivity contribution in [3.63, 3.8) is 0 Å². The molecule has 0 saturated carbocycles. The van der Waals surface area contributed by atoms with Crippen LogP contribution in [0.3, 0.4) is 0 Å². The molecule has 5 aromatic rings. The minimum absolute atomic E-state index is 0.0772. The van der Waals surface area contributed by atoms with E-state index in [4.69, 9.17) is 10.8 Å². The van der Waals surface area contributed by atoms with Crippen LogP contribution in [0.25, 0.3) is 16.6 Å². The van der Waals surface area contributed by atoms with Crippen molar-refractivity contribution in [2.75, 3.05) is 12.4 Å². The second-order valence-corrected chi connectivity index (χ2v) is 8.13. The van der Waals surface area contributed by atoms with Crippen LogP contribution >= 0.6 is 0 Å². The van der Waals surface area contributed by atoms with Crippen LogP contribution in [0.15, 0.2) is 89.8 Å². The lowest BCUT2D eigenvalue weighted by Crippen LogP contribution is -2.25. The first-order valence-corrected chi connectivity index (χ1v) is 11.2. The van der Waals surface area contributed by atoms with Gasteiger partial charge in [-0.1, -0.05) is 18.2 Å². The summed E-state index contributed by atoms with van der Waals surface area (Å²) in [7, 11) is 3.28. The fourth-order valence-electron chi connectivity index (χ4n) is 3.99. The number of fused-ring (bicyclic) bond motifs is 1. The molecule has 0 spiro atoms. The van der Waals surface area contributed by atoms with Crippen LogP contribution in [0.2, 0.25) is 0 Å². The quantitative estimate of drug-likeness (QED) is 0.365. The van der Waals surface area contributed by atoms with E-state index in [1.165, 1.54) is 4.68 Å². The molecule has 2 heterocycles. The molecule has 36 heavy (non-hydrogen) atoms. The summed E-state index contributed by atoms with van der Waals surface area (Å²) in [5.74, 6) is 1.06. The van der Waals surface area contributed by atoms with Crippen LogP contribution in [0, 0.1) is 6.92 Å². The van der Waals surface area contributed by atoms with Crippen LogP contribution in [-0.4, -0.2) is 27.4 Å². The highest BCUT2D eigenvalue weighted by molar-refractivity contribution is 6.05. The number of nitrogens with one attached hydrogen (secondary N) is 1. The van der Waals surface area contributed by atoms with Gasteiger partial charge < -0.3 is 14.8 Å². The van der Waals surface area contributed by atoms with E-state index in [0.29, 0.717) is 45.2 Å². The van der Waals surface area contributed by atoms with E-state index in [2.05, 4.69) is 10.3 Å². The van der Waals surface area contributed by atoms with Crippen LogP contribution in [0.4, 0.5) is 5.69 Å². The number of para-hydroxylation sites is 1. The van der Waals surface area contributed by atoms with Crippen molar-refractivity contribution in [2.45, 2.75) is 6.92 Å². The molecule has 0 bridgehead atoms. The molecule has 0 aliphatic rings. The van der Waals surface area contributed by atoms with Crippen molar-refractivity contribution >= 4 is 22.5 Å². The Labute approximate surface area is 208 Å². The summed E-state index contributed by atoms with van der Waals surface area (Å²) >= 11 is 0. The lowest BCUT2D eigenvalue weighted by atomic mass is 10.2. The zero-order valence-electron chi connectivity index (χ0n) is 21.0. The molecule has 2 aromatic heterocycles. The Morgan fingerprint density at radius 1 is 1.03 bits per heavy atom. The van der Waals surface area contributed by atoms with E-state index in [9.17, 15) is 9.59 Å². The first-order valence-electron chi connectivity index (χ1n) is 11.7. The number of anilines is 1. The molecule has 5 rings (SSSR count). The van der Waals surface area contributed by atoms with Crippen molar-refractivity contribution in [1.82, 2.24) is 14.3 Å². The van der Waals surface area contributed by atoms with Gasteiger partial charge in [0.15, 0.2) is 0 Å². The van der Waals surface area contributed by atoms with Gasteiger partial charge in [0.2, 0.25) is 0 Å². The van der Waals surface area contributed by atoms with Crippen molar-refractivity contribution in [3.05, 3.63) is 107 Å². The minimum Gasteiger partial charge on any atom is -0.497 e. The largest absolute Gasteiger partial charge is 0.497 e. The van der Waals surface area contributed by atoms with Crippen LogP contribution < -0.4 is 20.3 Å². The van der Waals surface area contributed by atoms with Crippen molar-refractivity contribution < 1.29 is 15.6 Å². The molecule has 1 N–H and O–H groups in total. The van der Waals surface area contributed by atoms with Gasteiger partial charge in [0.1, 0.15) is 22.8 Å². The third-order valence-corrected chi connectivity index (χ3v) is 5.94. The number of carbonyl (C=O) groups is 1. The molecule has 8 nitrogen and oxygen atoms in total. The molecule has 0 radical (unpaired) electrons. The molecule has 8 heteroatoms. The summed E-state index contributed by atoms with van der Waals surface area (Å²) < 4.78 is 22.7. The Bertz CT molecular complexity index is 1680. The Kier molecular flexibility index (Phi) is 5.67. The van der Waals surface area contributed by atoms with E-state index in [1.54, 1.807) is 74.4 Å². The average Bonchev–Trinajstić information content (AvgIpc) is 3.13. The Morgan fingerprint density at radius 3 is 2.50 bits per heavy atom. The second kappa shape index (κ2) is 9.42. The first kappa shape index (κ1) is 21.7. The van der Waals surface area contributed by atoms with Crippen LogP contribution in [-0.2, 0) is 7.05 Å². The third kappa shape index (κ3) is 4.20. The van der Waals surface area contributed by atoms with Gasteiger partial charge in [-0.15, -0.1) is 0 Å². The van der Waals surface area contributed by atoms with Gasteiger partial charge in [0.25, 0.3) is 11.5 Å². The number of ether oxygens (including phenoxy) is 2. The SMILES string of the molecule is [2H]c1cc(OC)cc2nccc(Oc3ccc(NC(=O)c4c(C)n(C)n(-c5ccccc5)c4=O)cc3)c12. The number of amides is 1. The second-order valence-electron chi connectivity index (χ2n) is 8.13. The summed E-state index contributed by atoms with van der Waals surface area (Å²) in [6.45, 7) is 1.74. The molecule has 0 aliphatic heterocycles. The topological polar surface area (TPSA) is 87.4 Å². The zero-order valence-corrected chi connectivity index (χ0v) is 20.0. The van der Waals surface area contributed by atoms with Gasteiger partial charge in [-0.3, -0.25) is 19.3 Å². The predicted molar refractivity (Wildman–Crippen MR) is 139 cm³/mol. The van der Waals surface area contributed by atoms with Gasteiger partial charge >= 0.3 is 0 Å². The molecule has 0 saturated heterocycles. The maximum absolute atomic E-state index is 13.1. The zero-order chi connectivity index (χ0) is 26.1. The van der Waals surface area contributed by atoms with Gasteiger partial charge in [-0.25, -0.2) is 4.68 Å². The number of methoxy groups -OCH3 is 1. The van der Waals surface area contributed by atoms with E-state index in [-0.39, 0.29) is 11.6 Å². The number of benzene rings is 3. The summed E-state index contributed by atoms with van der Waals surface area (Å²) in [6, 6.07) is 21.2. The lowest BCUT2D eigenvalue weighted by molar-refractivity contribution is 0.102. The van der Waals surface area contributed by atoms with Crippen LogP contribution in [0.1, 0.15) is 17.4 Å². The molecule has 180 valence electrons. The van der Waals surface area contributed by atoms with Crippen molar-refractivity contribution in [3.8, 4) is 22.9 Å². The maximum Gasteiger partial charge on any atom is 0.284 e. The molecule has 0 fully saturated rings. The molecular weight excluding hydrogens is 456 g/mol. The number of hydrogen-bond acceptors (Lipinski definition) is 5. The van der Waals surface area contributed by atoms with Gasteiger partial charge in [-0.2, -0.15) is 0 Å². The summed E-state index contributed by atoms with van der Waals surface area (Å²) in [4.78, 5) is 30.5.